The fraction of sp³-hybridized carbons (Fsp3) is 1.00. The molecule has 0 spiro atoms. The summed E-state index contributed by atoms with van der Waals surface area (Å²) < 4.78 is 19.2. The lowest BCUT2D eigenvalue weighted by Crippen LogP contribution is -2.52. The summed E-state index contributed by atoms with van der Waals surface area (Å²) in [4.78, 5) is 0. The van der Waals surface area contributed by atoms with Crippen molar-refractivity contribution in [1.82, 2.24) is 4.31 Å². The molecule has 0 aliphatic carbocycles. The van der Waals surface area contributed by atoms with Crippen LogP contribution in [0.4, 0.5) is 0 Å². The molecule has 0 bridgehead atoms. The second-order valence-corrected chi connectivity index (χ2v) is 6.72. The second kappa shape index (κ2) is 4.81. The largest absolute Gasteiger partial charge is 0.597 e. The van der Waals surface area contributed by atoms with Crippen molar-refractivity contribution in [3.05, 3.63) is 0 Å². The Hall–Kier alpha value is 0.190. The first kappa shape index (κ1) is 12.3. The van der Waals surface area contributed by atoms with Gasteiger partial charge in [0.15, 0.2) is 0 Å². The topological polar surface area (TPSA) is 61.5 Å². The quantitative estimate of drug-likeness (QED) is 0.671. The molecule has 2 N–H and O–H groups in total. The Morgan fingerprint density at radius 1 is 1.57 bits per heavy atom. The van der Waals surface area contributed by atoms with E-state index in [1.165, 1.54) is 0 Å². The van der Waals surface area contributed by atoms with Crippen LogP contribution in [0.2, 0.25) is 0 Å². The Bertz CT molecular complexity index is 184. The Labute approximate surface area is 89.1 Å². The van der Waals surface area contributed by atoms with Gasteiger partial charge in [-0.3, -0.25) is 0 Å². The van der Waals surface area contributed by atoms with E-state index in [4.69, 9.17) is 10.5 Å². The summed E-state index contributed by atoms with van der Waals surface area (Å²) in [7, 11) is 0. The predicted molar refractivity (Wildman–Crippen MR) is 58.3 cm³/mol. The third-order valence-corrected chi connectivity index (χ3v) is 3.97. The molecule has 14 heavy (non-hydrogen) atoms. The highest BCUT2D eigenvalue weighted by Crippen LogP contribution is 2.22. The van der Waals surface area contributed by atoms with Crippen molar-refractivity contribution >= 4 is 11.4 Å². The fourth-order valence-corrected chi connectivity index (χ4v) is 2.69. The summed E-state index contributed by atoms with van der Waals surface area (Å²) in [5.41, 5.74) is 5.52. The highest BCUT2D eigenvalue weighted by Gasteiger charge is 2.36. The van der Waals surface area contributed by atoms with Gasteiger partial charge in [0, 0.05) is 17.9 Å². The van der Waals surface area contributed by atoms with Gasteiger partial charge >= 0.3 is 0 Å². The molecule has 2 unspecified atom stereocenters. The Balaban J connectivity index is 2.51. The molecule has 1 aliphatic heterocycles. The molecule has 1 saturated heterocycles. The summed E-state index contributed by atoms with van der Waals surface area (Å²) in [6.45, 7) is 8.49. The third kappa shape index (κ3) is 3.10. The lowest BCUT2D eigenvalue weighted by atomic mass is 10.3. The van der Waals surface area contributed by atoms with Crippen molar-refractivity contribution in [3.63, 3.8) is 0 Å². The Morgan fingerprint density at radius 2 is 2.21 bits per heavy atom. The molecule has 5 heteroatoms. The van der Waals surface area contributed by atoms with Gasteiger partial charge in [-0.2, -0.15) is 0 Å². The van der Waals surface area contributed by atoms with Gasteiger partial charge in [0.2, 0.25) is 0 Å². The summed E-state index contributed by atoms with van der Waals surface area (Å²) in [6, 6.07) is 0. The number of rotatable bonds is 2. The normalized spacial score (nSPS) is 27.6. The maximum Gasteiger partial charge on any atom is 0.137 e. The van der Waals surface area contributed by atoms with Gasteiger partial charge in [0.25, 0.3) is 0 Å². The van der Waals surface area contributed by atoms with E-state index >= 15 is 0 Å². The first-order valence-electron chi connectivity index (χ1n) is 4.93. The molecule has 2 atom stereocenters. The maximum absolute atomic E-state index is 12.0. The molecule has 0 radical (unpaired) electrons. The number of hydrogen-bond acceptors (Lipinski definition) is 4. The van der Waals surface area contributed by atoms with E-state index in [9.17, 15) is 4.55 Å². The summed E-state index contributed by atoms with van der Waals surface area (Å²) in [5.74, 6) is 0. The van der Waals surface area contributed by atoms with E-state index in [0.717, 1.165) is 6.54 Å². The number of morpholine rings is 1. The van der Waals surface area contributed by atoms with E-state index in [1.54, 1.807) is 0 Å². The minimum absolute atomic E-state index is 0.0371. The summed E-state index contributed by atoms with van der Waals surface area (Å²) >= 11 is -0.948. The molecule has 84 valence electrons. The smallest absolute Gasteiger partial charge is 0.137 e. The fourth-order valence-electron chi connectivity index (χ4n) is 1.37. The van der Waals surface area contributed by atoms with Gasteiger partial charge in [-0.15, -0.1) is 4.31 Å². The van der Waals surface area contributed by atoms with Crippen LogP contribution in [-0.4, -0.2) is 46.0 Å². The van der Waals surface area contributed by atoms with Gasteiger partial charge in [0.1, 0.15) is 4.75 Å². The molecule has 0 aromatic heterocycles. The van der Waals surface area contributed by atoms with Gasteiger partial charge in [-0.25, -0.2) is 0 Å². The Morgan fingerprint density at radius 3 is 2.71 bits per heavy atom. The number of ether oxygens (including phenoxy) is 1. The third-order valence-electron chi connectivity index (χ3n) is 2.12. The highest BCUT2D eigenvalue weighted by molar-refractivity contribution is 7.90. The molecule has 1 aliphatic rings. The molecular weight excluding hydrogens is 200 g/mol. The molecule has 0 aromatic rings. The van der Waals surface area contributed by atoms with E-state index in [-0.39, 0.29) is 10.9 Å². The molecule has 1 heterocycles. The molecule has 1 rings (SSSR count). The van der Waals surface area contributed by atoms with Crippen molar-refractivity contribution in [2.75, 3.05) is 26.2 Å². The van der Waals surface area contributed by atoms with Crippen molar-refractivity contribution in [3.8, 4) is 0 Å². The SMILES string of the molecule is CC(C)(C)[S+]([O-])N1CCOC(CN)C1. The van der Waals surface area contributed by atoms with Crippen molar-refractivity contribution in [2.24, 2.45) is 5.73 Å². The lowest BCUT2D eigenvalue weighted by Gasteiger charge is -2.37. The predicted octanol–water partition coefficient (Wildman–Crippen LogP) is 0.108. The van der Waals surface area contributed by atoms with Crippen LogP contribution >= 0.6 is 0 Å². The minimum Gasteiger partial charge on any atom is -0.597 e. The van der Waals surface area contributed by atoms with E-state index in [2.05, 4.69) is 0 Å². The van der Waals surface area contributed by atoms with E-state index in [0.29, 0.717) is 19.7 Å². The van der Waals surface area contributed by atoms with Crippen molar-refractivity contribution < 1.29 is 9.29 Å². The molecule has 0 saturated carbocycles. The number of hydrogen-bond donors (Lipinski definition) is 1. The zero-order valence-corrected chi connectivity index (χ0v) is 9.97. The zero-order valence-electron chi connectivity index (χ0n) is 9.16. The molecule has 1 fully saturated rings. The van der Waals surface area contributed by atoms with Gasteiger partial charge in [0.05, 0.1) is 25.8 Å². The molecular formula is C9H20N2O2S. The molecule has 4 nitrogen and oxygen atoms in total. The average Bonchev–Trinajstić information content (AvgIpc) is 2.15. The Kier molecular flexibility index (Phi) is 4.21. The summed E-state index contributed by atoms with van der Waals surface area (Å²) in [6.07, 6.45) is 0.0371. The highest BCUT2D eigenvalue weighted by atomic mass is 32.2. The summed E-state index contributed by atoms with van der Waals surface area (Å²) in [5, 5.41) is 0. The van der Waals surface area contributed by atoms with Gasteiger partial charge in [-0.1, -0.05) is 0 Å². The van der Waals surface area contributed by atoms with E-state index < -0.39 is 11.4 Å². The van der Waals surface area contributed by atoms with Crippen LogP contribution in [0, 0.1) is 0 Å². The monoisotopic (exact) mass is 220 g/mol. The van der Waals surface area contributed by atoms with Crippen LogP contribution in [0.3, 0.4) is 0 Å². The van der Waals surface area contributed by atoms with Crippen molar-refractivity contribution in [2.45, 2.75) is 31.6 Å². The number of nitrogens with two attached hydrogens (primary N) is 1. The zero-order chi connectivity index (χ0) is 10.8. The van der Waals surface area contributed by atoms with Crippen LogP contribution in [0.5, 0.6) is 0 Å². The van der Waals surface area contributed by atoms with Crippen molar-refractivity contribution in [1.29, 1.82) is 0 Å². The van der Waals surface area contributed by atoms with E-state index in [1.807, 2.05) is 25.1 Å². The van der Waals surface area contributed by atoms with Gasteiger partial charge < -0.3 is 15.0 Å². The van der Waals surface area contributed by atoms with Crippen LogP contribution in [0.15, 0.2) is 0 Å². The lowest BCUT2D eigenvalue weighted by molar-refractivity contribution is 0.00394. The van der Waals surface area contributed by atoms with Crippen LogP contribution < -0.4 is 5.73 Å². The van der Waals surface area contributed by atoms with Crippen LogP contribution in [0.25, 0.3) is 0 Å². The first-order valence-corrected chi connectivity index (χ1v) is 6.04. The maximum atomic E-state index is 12.0. The first-order chi connectivity index (χ1) is 6.45. The number of nitrogens with zero attached hydrogens (tertiary/aromatic N) is 1. The molecule has 0 aromatic carbocycles. The minimum atomic E-state index is -0.948. The second-order valence-electron chi connectivity index (χ2n) is 4.48. The molecule has 0 amide bonds. The van der Waals surface area contributed by atoms with Crippen LogP contribution in [0.1, 0.15) is 20.8 Å². The van der Waals surface area contributed by atoms with Crippen LogP contribution in [-0.2, 0) is 16.1 Å². The standard InChI is InChI=1S/C9H20N2O2S/c1-9(2,3)14(12)11-4-5-13-8(6-10)7-11/h8H,4-7,10H2,1-3H3. The van der Waals surface area contributed by atoms with Gasteiger partial charge in [-0.05, 0) is 20.8 Å². The average molecular weight is 220 g/mol.